The molecule has 0 aliphatic carbocycles. The monoisotopic (exact) mass is 504 g/mol. The van der Waals surface area contributed by atoms with Crippen LogP contribution in [0.2, 0.25) is 0 Å². The average Bonchev–Trinajstić information content (AvgIpc) is 2.83. The highest BCUT2D eigenvalue weighted by Gasteiger charge is 2.01. The molecule has 0 spiro atoms. The fraction of sp³-hybridized carbons (Fsp3) is 1.00. The fourth-order valence-corrected chi connectivity index (χ4v) is 1.91. The van der Waals surface area contributed by atoms with Gasteiger partial charge in [-0.1, -0.05) is 0 Å². The third-order valence-electron chi connectivity index (χ3n) is 3.58. The summed E-state index contributed by atoms with van der Waals surface area (Å²) in [6.45, 7) is 10.5. The standard InChI is InChI=1S/C16H34O9.C6H14O3/c17-1-3-19-5-7-21-9-11-23-13-15-25-16-14-24-12-10-22-8-6-20-4-2-18;1-5(8)4-9-6(2)3-7/h17-18H,1-16H2;5-8H,3-4H2,1-2H3. The van der Waals surface area contributed by atoms with Gasteiger partial charge in [0, 0.05) is 0 Å². The van der Waals surface area contributed by atoms with Crippen LogP contribution in [0.25, 0.3) is 0 Å². The van der Waals surface area contributed by atoms with E-state index in [1.165, 1.54) is 0 Å². The molecule has 0 bridgehead atoms. The Morgan fingerprint density at radius 2 is 0.735 bits per heavy atom. The Bertz CT molecular complexity index is 328. The van der Waals surface area contributed by atoms with Gasteiger partial charge in [0.25, 0.3) is 0 Å². The van der Waals surface area contributed by atoms with Gasteiger partial charge in [-0.25, -0.2) is 0 Å². The second-order valence-electron chi connectivity index (χ2n) is 6.91. The summed E-state index contributed by atoms with van der Waals surface area (Å²) in [5, 5.41) is 34.1. The topological polar surface area (TPSA) is 155 Å². The van der Waals surface area contributed by atoms with Crippen molar-refractivity contribution in [3.05, 3.63) is 0 Å². The Morgan fingerprint density at radius 1 is 0.471 bits per heavy atom. The van der Waals surface area contributed by atoms with Gasteiger partial charge in [-0.05, 0) is 13.8 Å². The molecule has 0 fully saturated rings. The number of rotatable bonds is 26. The maximum atomic E-state index is 8.69. The quantitative estimate of drug-likeness (QED) is 0.105. The number of hydrogen-bond donors (Lipinski definition) is 4. The van der Waals surface area contributed by atoms with Gasteiger partial charge in [0.15, 0.2) is 0 Å². The zero-order chi connectivity index (χ0) is 25.5. The van der Waals surface area contributed by atoms with Gasteiger partial charge in [-0.15, -0.1) is 0 Å². The van der Waals surface area contributed by atoms with E-state index in [2.05, 4.69) is 0 Å². The molecule has 0 aromatic rings. The molecule has 0 aromatic heterocycles. The maximum Gasteiger partial charge on any atom is 0.0779 e. The molecule has 0 aromatic carbocycles. The lowest BCUT2D eigenvalue weighted by atomic mass is 10.4. The lowest BCUT2D eigenvalue weighted by Crippen LogP contribution is -2.19. The van der Waals surface area contributed by atoms with Gasteiger partial charge in [-0.3, -0.25) is 0 Å². The van der Waals surface area contributed by atoms with Crippen molar-refractivity contribution in [2.75, 3.05) is 119 Å². The van der Waals surface area contributed by atoms with Gasteiger partial charge < -0.3 is 58.3 Å². The summed E-state index contributed by atoms with van der Waals surface area (Å²) in [5.74, 6) is 0. The summed E-state index contributed by atoms with van der Waals surface area (Å²) in [6, 6.07) is 0. The number of hydrogen-bond acceptors (Lipinski definition) is 12. The Kier molecular flexibility index (Phi) is 34.1. The van der Waals surface area contributed by atoms with Crippen LogP contribution in [0.15, 0.2) is 0 Å². The van der Waals surface area contributed by atoms with E-state index < -0.39 is 6.10 Å². The van der Waals surface area contributed by atoms with Crippen molar-refractivity contribution in [3.63, 3.8) is 0 Å². The third-order valence-corrected chi connectivity index (χ3v) is 3.58. The van der Waals surface area contributed by atoms with Gasteiger partial charge in [0.05, 0.1) is 131 Å². The molecule has 34 heavy (non-hydrogen) atoms. The highest BCUT2D eigenvalue weighted by atomic mass is 16.6. The summed E-state index contributed by atoms with van der Waals surface area (Å²) >= 11 is 0. The van der Waals surface area contributed by atoms with Gasteiger partial charge in [0.2, 0.25) is 0 Å². The molecule has 12 heteroatoms. The van der Waals surface area contributed by atoms with Gasteiger partial charge in [0.1, 0.15) is 0 Å². The SMILES string of the molecule is CC(O)COC(C)CO.OCCOCCOCCOCCOCCOCCOCCOCCO. The second-order valence-corrected chi connectivity index (χ2v) is 6.91. The molecule has 208 valence electrons. The predicted octanol–water partition coefficient (Wildman–Crippen LogP) is -1.15. The zero-order valence-corrected chi connectivity index (χ0v) is 20.9. The van der Waals surface area contributed by atoms with Crippen molar-refractivity contribution in [2.45, 2.75) is 26.1 Å². The largest absolute Gasteiger partial charge is 0.394 e. The van der Waals surface area contributed by atoms with E-state index in [9.17, 15) is 0 Å². The molecule has 0 saturated heterocycles. The molecule has 0 aliphatic heterocycles. The van der Waals surface area contributed by atoms with E-state index in [0.717, 1.165) is 0 Å². The Hall–Kier alpha value is -0.480. The van der Waals surface area contributed by atoms with Gasteiger partial charge in [-0.2, -0.15) is 0 Å². The van der Waals surface area contributed by atoms with E-state index in [1.807, 2.05) is 0 Å². The molecule has 0 amide bonds. The summed E-state index contributed by atoms with van der Waals surface area (Å²) < 4.78 is 41.6. The normalized spacial score (nSPS) is 12.9. The van der Waals surface area contributed by atoms with Crippen LogP contribution in [-0.4, -0.2) is 152 Å². The van der Waals surface area contributed by atoms with Crippen LogP contribution in [0.3, 0.4) is 0 Å². The van der Waals surface area contributed by atoms with E-state index in [-0.39, 0.29) is 25.9 Å². The first kappa shape index (κ1) is 35.7. The summed E-state index contributed by atoms with van der Waals surface area (Å²) in [6.07, 6.45) is -0.612. The number of aliphatic hydroxyl groups excluding tert-OH is 4. The van der Waals surface area contributed by atoms with Crippen LogP contribution in [0.5, 0.6) is 0 Å². The van der Waals surface area contributed by atoms with E-state index in [1.54, 1.807) is 13.8 Å². The van der Waals surface area contributed by atoms with Crippen LogP contribution >= 0.6 is 0 Å². The predicted molar refractivity (Wildman–Crippen MR) is 124 cm³/mol. The summed E-state index contributed by atoms with van der Waals surface area (Å²) in [4.78, 5) is 0. The van der Waals surface area contributed by atoms with Crippen molar-refractivity contribution in [3.8, 4) is 0 Å². The first-order valence-corrected chi connectivity index (χ1v) is 11.7. The molecule has 0 saturated carbocycles. The lowest BCUT2D eigenvalue weighted by molar-refractivity contribution is -0.0223. The first-order valence-electron chi connectivity index (χ1n) is 11.7. The summed E-state index contributed by atoms with van der Waals surface area (Å²) in [7, 11) is 0. The van der Waals surface area contributed by atoms with Crippen molar-refractivity contribution >= 4 is 0 Å². The fourth-order valence-electron chi connectivity index (χ4n) is 1.91. The number of ether oxygens (including phenoxy) is 8. The van der Waals surface area contributed by atoms with E-state index in [4.69, 9.17) is 58.3 Å². The highest BCUT2D eigenvalue weighted by Crippen LogP contribution is 1.90. The van der Waals surface area contributed by atoms with E-state index in [0.29, 0.717) is 99.1 Å². The molecule has 4 N–H and O–H groups in total. The first-order chi connectivity index (χ1) is 16.6. The molecule has 2 unspecified atom stereocenters. The Balaban J connectivity index is 0. The minimum absolute atomic E-state index is 0.00667. The van der Waals surface area contributed by atoms with Crippen LogP contribution in [0.4, 0.5) is 0 Å². The molecular weight excluding hydrogens is 456 g/mol. The third kappa shape index (κ3) is 36.1. The minimum atomic E-state index is -0.445. The minimum Gasteiger partial charge on any atom is -0.394 e. The average molecular weight is 505 g/mol. The lowest BCUT2D eigenvalue weighted by Gasteiger charge is -2.10. The maximum absolute atomic E-state index is 8.69. The highest BCUT2D eigenvalue weighted by molar-refractivity contribution is 4.47. The smallest absolute Gasteiger partial charge is 0.0779 e. The molecular formula is C22H48O12. The molecule has 0 heterocycles. The van der Waals surface area contributed by atoms with Crippen molar-refractivity contribution in [1.82, 2.24) is 0 Å². The second kappa shape index (κ2) is 32.5. The van der Waals surface area contributed by atoms with Crippen LogP contribution in [0, 0.1) is 0 Å². The van der Waals surface area contributed by atoms with Crippen molar-refractivity contribution < 1.29 is 58.3 Å². The van der Waals surface area contributed by atoms with Crippen LogP contribution < -0.4 is 0 Å². The molecule has 12 nitrogen and oxygen atoms in total. The number of aliphatic hydroxyl groups is 4. The van der Waals surface area contributed by atoms with Crippen LogP contribution in [-0.2, 0) is 37.9 Å². The molecule has 0 radical (unpaired) electrons. The zero-order valence-electron chi connectivity index (χ0n) is 20.9. The van der Waals surface area contributed by atoms with Crippen molar-refractivity contribution in [1.29, 1.82) is 0 Å². The van der Waals surface area contributed by atoms with E-state index >= 15 is 0 Å². The Morgan fingerprint density at radius 3 is 0.941 bits per heavy atom. The van der Waals surface area contributed by atoms with Crippen LogP contribution in [0.1, 0.15) is 13.8 Å². The Labute approximate surface area is 203 Å². The molecule has 0 rings (SSSR count). The van der Waals surface area contributed by atoms with Gasteiger partial charge >= 0.3 is 0 Å². The molecule has 2 atom stereocenters. The summed E-state index contributed by atoms with van der Waals surface area (Å²) in [5.41, 5.74) is 0. The molecule has 0 aliphatic rings. The van der Waals surface area contributed by atoms with Crippen molar-refractivity contribution in [2.24, 2.45) is 0 Å².